The van der Waals surface area contributed by atoms with Crippen LogP contribution in [-0.4, -0.2) is 56.7 Å². The highest BCUT2D eigenvalue weighted by molar-refractivity contribution is 6.30. The van der Waals surface area contributed by atoms with Crippen molar-refractivity contribution in [2.75, 3.05) is 18.0 Å². The highest BCUT2D eigenvalue weighted by Gasteiger charge is 2.43. The Morgan fingerprint density at radius 2 is 1.86 bits per heavy atom. The summed E-state index contributed by atoms with van der Waals surface area (Å²) in [5.74, 6) is -0.196. The number of rotatable bonds is 1. The van der Waals surface area contributed by atoms with E-state index in [0.717, 1.165) is 12.8 Å². The molecule has 2 atom stereocenters. The fraction of sp³-hybridized carbons (Fsp3) is 0.556. The molecule has 0 aliphatic carbocycles. The molecule has 0 N–H and O–H groups in total. The Bertz CT molecular complexity index is 938. The molecule has 4 heterocycles. The lowest BCUT2D eigenvalue weighted by Crippen LogP contribution is -2.56. The van der Waals surface area contributed by atoms with E-state index in [4.69, 9.17) is 27.9 Å². The molecule has 28 heavy (non-hydrogen) atoms. The summed E-state index contributed by atoms with van der Waals surface area (Å²) in [6.45, 7) is 6.53. The summed E-state index contributed by atoms with van der Waals surface area (Å²) < 4.78 is 19.9. The predicted octanol–water partition coefficient (Wildman–Crippen LogP) is 4.06. The zero-order chi connectivity index (χ0) is 20.2. The van der Waals surface area contributed by atoms with Crippen molar-refractivity contribution in [1.29, 1.82) is 0 Å². The Kier molecular flexibility index (Phi) is 4.74. The molecule has 2 fully saturated rings. The molecule has 4 rings (SSSR count). The number of aromatic nitrogens is 3. The molecule has 0 spiro atoms. The first-order chi connectivity index (χ1) is 13.1. The number of nitrogens with zero attached hydrogens (tertiary/aromatic N) is 5. The second kappa shape index (κ2) is 6.84. The molecule has 150 valence electrons. The number of likely N-dealkylation sites (tertiary alicyclic amines) is 1. The lowest BCUT2D eigenvalue weighted by Gasteiger charge is -2.42. The van der Waals surface area contributed by atoms with Gasteiger partial charge in [-0.05, 0) is 45.2 Å². The Balaban J connectivity index is 1.67. The molecule has 0 aromatic carbocycles. The Hall–Kier alpha value is -1.93. The maximum Gasteiger partial charge on any atom is 0.410 e. The highest BCUT2D eigenvalue weighted by Crippen LogP contribution is 2.38. The van der Waals surface area contributed by atoms with Crippen LogP contribution in [0.4, 0.5) is 15.0 Å². The van der Waals surface area contributed by atoms with Crippen molar-refractivity contribution >= 4 is 46.0 Å². The molecular formula is C18H20Cl2FN5O2. The van der Waals surface area contributed by atoms with Crippen molar-refractivity contribution in [3.8, 4) is 0 Å². The summed E-state index contributed by atoms with van der Waals surface area (Å²) in [5, 5.41) is 0.137. The van der Waals surface area contributed by atoms with Crippen LogP contribution < -0.4 is 4.90 Å². The van der Waals surface area contributed by atoms with Gasteiger partial charge in [-0.3, -0.25) is 0 Å². The quantitative estimate of drug-likeness (QED) is 0.504. The molecule has 0 radical (unpaired) electrons. The molecule has 7 nitrogen and oxygen atoms in total. The van der Waals surface area contributed by atoms with Gasteiger partial charge in [-0.15, -0.1) is 0 Å². The van der Waals surface area contributed by atoms with Crippen LogP contribution in [0.5, 0.6) is 0 Å². The first kappa shape index (κ1) is 19.4. The third-order valence-electron chi connectivity index (χ3n) is 4.97. The van der Waals surface area contributed by atoms with E-state index in [1.807, 2.05) is 20.8 Å². The van der Waals surface area contributed by atoms with Gasteiger partial charge < -0.3 is 14.5 Å². The number of carbonyl (C=O) groups is 1. The van der Waals surface area contributed by atoms with E-state index < -0.39 is 11.4 Å². The van der Waals surface area contributed by atoms with Crippen LogP contribution >= 0.6 is 23.2 Å². The minimum atomic E-state index is -0.718. The molecule has 2 aromatic heterocycles. The molecule has 0 saturated carbocycles. The van der Waals surface area contributed by atoms with Crippen molar-refractivity contribution in [3.05, 3.63) is 22.5 Å². The summed E-state index contributed by atoms with van der Waals surface area (Å²) in [4.78, 5) is 28.6. The van der Waals surface area contributed by atoms with Gasteiger partial charge in [0.2, 0.25) is 5.28 Å². The monoisotopic (exact) mass is 427 g/mol. The number of fused-ring (bicyclic) bond motifs is 3. The number of hydrogen-bond donors (Lipinski definition) is 0. The fourth-order valence-electron chi connectivity index (χ4n) is 3.91. The van der Waals surface area contributed by atoms with E-state index in [0.29, 0.717) is 24.3 Å². The normalized spacial score (nSPS) is 22.1. The van der Waals surface area contributed by atoms with Crippen molar-refractivity contribution < 1.29 is 13.9 Å². The Labute approximate surface area is 171 Å². The van der Waals surface area contributed by atoms with Gasteiger partial charge in [0.1, 0.15) is 16.9 Å². The Morgan fingerprint density at radius 3 is 2.46 bits per heavy atom. The van der Waals surface area contributed by atoms with Crippen LogP contribution in [0.1, 0.15) is 33.6 Å². The van der Waals surface area contributed by atoms with Gasteiger partial charge in [-0.1, -0.05) is 11.6 Å². The minimum Gasteiger partial charge on any atom is -0.444 e. The van der Waals surface area contributed by atoms with Crippen LogP contribution in [0.25, 0.3) is 10.9 Å². The second-order valence-corrected chi connectivity index (χ2v) is 8.82. The maximum atomic E-state index is 14.4. The second-order valence-electron chi connectivity index (χ2n) is 8.12. The first-order valence-electron chi connectivity index (χ1n) is 9.07. The number of piperazine rings is 1. The van der Waals surface area contributed by atoms with Gasteiger partial charge in [-0.2, -0.15) is 4.98 Å². The summed E-state index contributed by atoms with van der Waals surface area (Å²) in [6, 6.07) is 0.0540. The number of pyridine rings is 1. The number of ether oxygens (including phenoxy) is 1. The van der Waals surface area contributed by atoms with Crippen molar-refractivity contribution in [2.24, 2.45) is 0 Å². The zero-order valence-electron chi connectivity index (χ0n) is 15.7. The van der Waals surface area contributed by atoms with Gasteiger partial charge in [-0.25, -0.2) is 19.2 Å². The minimum absolute atomic E-state index is 0.0270. The van der Waals surface area contributed by atoms with E-state index in [1.54, 1.807) is 4.90 Å². The fourth-order valence-corrected chi connectivity index (χ4v) is 4.22. The van der Waals surface area contributed by atoms with E-state index in [2.05, 4.69) is 19.9 Å². The molecule has 2 bridgehead atoms. The van der Waals surface area contributed by atoms with E-state index in [-0.39, 0.29) is 34.1 Å². The van der Waals surface area contributed by atoms with E-state index in [1.165, 1.54) is 6.20 Å². The predicted molar refractivity (Wildman–Crippen MR) is 104 cm³/mol. The van der Waals surface area contributed by atoms with Crippen LogP contribution in [-0.2, 0) is 4.74 Å². The van der Waals surface area contributed by atoms with E-state index in [9.17, 15) is 9.18 Å². The largest absolute Gasteiger partial charge is 0.444 e. The molecule has 2 unspecified atom stereocenters. The van der Waals surface area contributed by atoms with Crippen molar-refractivity contribution in [3.63, 3.8) is 0 Å². The topological polar surface area (TPSA) is 71.5 Å². The van der Waals surface area contributed by atoms with Crippen molar-refractivity contribution in [2.45, 2.75) is 51.3 Å². The van der Waals surface area contributed by atoms with Gasteiger partial charge in [0.25, 0.3) is 0 Å². The van der Waals surface area contributed by atoms with Gasteiger partial charge in [0.05, 0.1) is 5.39 Å². The van der Waals surface area contributed by atoms with Gasteiger partial charge >= 0.3 is 6.09 Å². The van der Waals surface area contributed by atoms with Gasteiger partial charge in [0, 0.05) is 31.4 Å². The van der Waals surface area contributed by atoms with Crippen LogP contribution in [0.2, 0.25) is 10.4 Å². The van der Waals surface area contributed by atoms with Crippen LogP contribution in [0.3, 0.4) is 0 Å². The van der Waals surface area contributed by atoms with Crippen LogP contribution in [0, 0.1) is 5.82 Å². The zero-order valence-corrected chi connectivity index (χ0v) is 17.3. The van der Waals surface area contributed by atoms with E-state index >= 15 is 0 Å². The summed E-state index contributed by atoms with van der Waals surface area (Å²) in [6.07, 6.45) is 2.91. The third-order valence-corrected chi connectivity index (χ3v) is 5.41. The van der Waals surface area contributed by atoms with Crippen LogP contribution in [0.15, 0.2) is 6.20 Å². The number of hydrogen-bond acceptors (Lipinski definition) is 6. The molecule has 2 saturated heterocycles. The van der Waals surface area contributed by atoms with Crippen molar-refractivity contribution in [1.82, 2.24) is 19.9 Å². The molecule has 10 heteroatoms. The molecule has 1 amide bonds. The molecule has 2 aliphatic heterocycles. The first-order valence-corrected chi connectivity index (χ1v) is 9.83. The molecule has 2 aromatic rings. The molecular weight excluding hydrogens is 408 g/mol. The lowest BCUT2D eigenvalue weighted by atomic mass is 10.1. The smallest absolute Gasteiger partial charge is 0.410 e. The average molecular weight is 428 g/mol. The average Bonchev–Trinajstić information content (AvgIpc) is 2.85. The third kappa shape index (κ3) is 3.43. The standard InChI is InChI=1S/C18H20Cl2FN5O2/c1-18(2,3)28-17(27)25-7-9-4-5-10(8-25)26(9)15-11-6-22-14(19)12(21)13(11)23-16(20)24-15/h6,9-10H,4-5,7-8H2,1-3H3. The number of anilines is 1. The number of halogens is 3. The SMILES string of the molecule is CC(C)(C)OC(=O)N1CC2CCC(C1)N2c1nc(Cl)nc2c(F)c(Cl)ncc12. The number of carbonyl (C=O) groups excluding carboxylic acids is 1. The summed E-state index contributed by atoms with van der Waals surface area (Å²) in [5.41, 5.74) is -0.504. The van der Waals surface area contributed by atoms with Gasteiger partial charge in [0.15, 0.2) is 11.0 Å². The highest BCUT2D eigenvalue weighted by atomic mass is 35.5. The Morgan fingerprint density at radius 1 is 1.21 bits per heavy atom. The number of amides is 1. The maximum absolute atomic E-state index is 14.4. The summed E-state index contributed by atoms with van der Waals surface area (Å²) >= 11 is 11.9. The molecule has 2 aliphatic rings. The summed E-state index contributed by atoms with van der Waals surface area (Å²) in [7, 11) is 0. The lowest BCUT2D eigenvalue weighted by molar-refractivity contribution is 0.0209.